The molecule has 0 saturated carbocycles. The number of aromatic nitrogens is 2. The highest BCUT2D eigenvalue weighted by molar-refractivity contribution is 5.97. The molecule has 0 radical (unpaired) electrons. The van der Waals surface area contributed by atoms with Gasteiger partial charge in [0.2, 0.25) is 5.69 Å². The molecular formula is C37H43N5O5. The molecule has 0 spiro atoms. The average molecular weight is 638 g/mol. The summed E-state index contributed by atoms with van der Waals surface area (Å²) >= 11 is 0. The number of piperazine rings is 1. The normalized spacial score (nSPS) is 13.3. The summed E-state index contributed by atoms with van der Waals surface area (Å²) in [6.45, 7) is 18.5. The van der Waals surface area contributed by atoms with Gasteiger partial charge in [-0.25, -0.2) is 9.83 Å². The minimum atomic E-state index is -0.0790. The summed E-state index contributed by atoms with van der Waals surface area (Å²) in [4.78, 5) is 26.1. The number of rotatable bonds is 14. The van der Waals surface area contributed by atoms with Gasteiger partial charge in [0.1, 0.15) is 35.4 Å². The van der Waals surface area contributed by atoms with Gasteiger partial charge in [0.25, 0.3) is 5.91 Å². The minimum absolute atomic E-state index is 0.0195. The Bertz CT molecular complexity index is 1700. The smallest absolute Gasteiger partial charge is 0.257 e. The highest BCUT2D eigenvalue weighted by atomic mass is 16.5. The van der Waals surface area contributed by atoms with Gasteiger partial charge in [0.05, 0.1) is 31.0 Å². The molecule has 4 aromatic rings. The van der Waals surface area contributed by atoms with Gasteiger partial charge in [0.15, 0.2) is 0 Å². The van der Waals surface area contributed by atoms with Crippen molar-refractivity contribution < 1.29 is 24.1 Å². The predicted molar refractivity (Wildman–Crippen MR) is 181 cm³/mol. The first-order valence-electron chi connectivity index (χ1n) is 16.2. The van der Waals surface area contributed by atoms with Crippen LogP contribution >= 0.6 is 0 Å². The van der Waals surface area contributed by atoms with E-state index in [4.69, 9.17) is 25.9 Å². The molecule has 3 aromatic carbocycles. The fourth-order valence-electron chi connectivity index (χ4n) is 5.56. The zero-order chi connectivity index (χ0) is 33.2. The molecule has 10 heteroatoms. The largest absolute Gasteiger partial charge is 0.493 e. The van der Waals surface area contributed by atoms with E-state index < -0.39 is 0 Å². The van der Waals surface area contributed by atoms with Crippen molar-refractivity contribution in [1.82, 2.24) is 19.4 Å². The van der Waals surface area contributed by atoms with Crippen LogP contribution in [-0.2, 0) is 13.1 Å². The number of aryl methyl sites for hydroxylation is 2. The summed E-state index contributed by atoms with van der Waals surface area (Å²) in [6, 6.07) is 18.6. The molecule has 1 aliphatic rings. The van der Waals surface area contributed by atoms with Gasteiger partial charge in [-0.05, 0) is 56.2 Å². The van der Waals surface area contributed by atoms with Crippen LogP contribution in [0.2, 0.25) is 0 Å². The van der Waals surface area contributed by atoms with Gasteiger partial charge in [-0.1, -0.05) is 43.2 Å². The summed E-state index contributed by atoms with van der Waals surface area (Å²) in [5, 5.41) is 9.06. The predicted octanol–water partition coefficient (Wildman–Crippen LogP) is 6.40. The number of carbonyl (C=O) groups is 1. The number of benzene rings is 3. The van der Waals surface area contributed by atoms with E-state index in [1.165, 1.54) is 0 Å². The zero-order valence-corrected chi connectivity index (χ0v) is 27.4. The van der Waals surface area contributed by atoms with Crippen LogP contribution in [0.1, 0.15) is 52.8 Å². The summed E-state index contributed by atoms with van der Waals surface area (Å²) in [5.41, 5.74) is 4.15. The second kappa shape index (κ2) is 16.1. The molecule has 0 unspecified atom stereocenters. The molecule has 1 amide bonds. The van der Waals surface area contributed by atoms with Crippen LogP contribution in [0.25, 0.3) is 4.85 Å². The van der Waals surface area contributed by atoms with E-state index in [0.717, 1.165) is 48.6 Å². The van der Waals surface area contributed by atoms with E-state index in [2.05, 4.69) is 26.2 Å². The third kappa shape index (κ3) is 8.70. The first-order valence-corrected chi connectivity index (χ1v) is 16.2. The van der Waals surface area contributed by atoms with Crippen molar-refractivity contribution in [3.05, 3.63) is 106 Å². The molecule has 5 rings (SSSR count). The molecule has 47 heavy (non-hydrogen) atoms. The van der Waals surface area contributed by atoms with Crippen molar-refractivity contribution in [1.29, 1.82) is 0 Å². The Morgan fingerprint density at radius 1 is 0.936 bits per heavy atom. The van der Waals surface area contributed by atoms with E-state index in [0.29, 0.717) is 67.0 Å². The molecule has 246 valence electrons. The highest BCUT2D eigenvalue weighted by Crippen LogP contribution is 2.34. The van der Waals surface area contributed by atoms with Crippen LogP contribution in [-0.4, -0.2) is 76.4 Å². The van der Waals surface area contributed by atoms with E-state index >= 15 is 0 Å². The molecule has 1 saturated heterocycles. The molecule has 10 nitrogen and oxygen atoms in total. The van der Waals surface area contributed by atoms with Crippen LogP contribution in [0.15, 0.2) is 66.9 Å². The van der Waals surface area contributed by atoms with E-state index in [-0.39, 0.29) is 19.1 Å². The Morgan fingerprint density at radius 3 is 2.51 bits per heavy atom. The first-order chi connectivity index (χ1) is 22.9. The number of hydrogen-bond donors (Lipinski definition) is 1. The van der Waals surface area contributed by atoms with Crippen molar-refractivity contribution in [3.63, 3.8) is 0 Å². The number of amides is 1. The summed E-state index contributed by atoms with van der Waals surface area (Å²) in [6.07, 6.45) is 3.91. The fraction of sp³-hybridized carbons (Fsp3) is 0.378. The Balaban J connectivity index is 1.23. The number of unbranched alkanes of at least 4 members (excludes halogenated alkanes) is 1. The molecule has 0 aliphatic carbocycles. The monoisotopic (exact) mass is 637 g/mol. The molecule has 1 aliphatic heterocycles. The number of aliphatic hydroxyl groups excluding tert-OH is 1. The van der Waals surface area contributed by atoms with Crippen molar-refractivity contribution in [3.8, 4) is 23.0 Å². The second-order valence-electron chi connectivity index (χ2n) is 11.7. The van der Waals surface area contributed by atoms with Crippen LogP contribution in [0.4, 0.5) is 5.69 Å². The van der Waals surface area contributed by atoms with Crippen LogP contribution < -0.4 is 14.2 Å². The average Bonchev–Trinajstić information content (AvgIpc) is 3.42. The Labute approximate surface area is 276 Å². The van der Waals surface area contributed by atoms with Crippen LogP contribution in [0, 0.1) is 20.4 Å². The van der Waals surface area contributed by atoms with Crippen molar-refractivity contribution in [2.24, 2.45) is 0 Å². The third-order valence-electron chi connectivity index (χ3n) is 8.18. The van der Waals surface area contributed by atoms with Gasteiger partial charge in [-0.3, -0.25) is 9.69 Å². The van der Waals surface area contributed by atoms with E-state index in [1.807, 2.05) is 61.3 Å². The van der Waals surface area contributed by atoms with Crippen molar-refractivity contribution in [2.45, 2.75) is 46.7 Å². The van der Waals surface area contributed by atoms with Crippen LogP contribution in [0.5, 0.6) is 23.0 Å². The summed E-state index contributed by atoms with van der Waals surface area (Å²) in [7, 11) is 0. The lowest BCUT2D eigenvalue weighted by Crippen LogP contribution is -2.48. The van der Waals surface area contributed by atoms with Gasteiger partial charge < -0.3 is 28.8 Å². The number of carbonyl (C=O) groups excluding carboxylic acids is 1. The number of hydrogen-bond acceptors (Lipinski definition) is 7. The van der Waals surface area contributed by atoms with E-state index in [9.17, 15) is 4.79 Å². The number of aliphatic hydroxyl groups is 1. The maximum Gasteiger partial charge on any atom is 0.257 e. The minimum Gasteiger partial charge on any atom is -0.493 e. The van der Waals surface area contributed by atoms with Gasteiger partial charge in [-0.15, -0.1) is 0 Å². The number of ether oxygens (including phenoxy) is 3. The van der Waals surface area contributed by atoms with Crippen LogP contribution in [0.3, 0.4) is 0 Å². The van der Waals surface area contributed by atoms with Gasteiger partial charge in [-0.2, -0.15) is 0 Å². The summed E-state index contributed by atoms with van der Waals surface area (Å²) in [5.74, 6) is 3.17. The standard InChI is InChI=1S/C37H43N5O5/c1-5-6-19-46-35-13-10-27(2)21-33(35)37(44)41-16-14-40(15-17-41)26-30-24-39-28(3)42(30)25-29-11-12-34(38-4)36(22-29)47-32-9-7-8-31(23-32)45-20-18-43/h7-13,21-24,43H,5-6,14-20,25-26H2,1-3H3. The molecule has 0 atom stereocenters. The van der Waals surface area contributed by atoms with Crippen molar-refractivity contribution in [2.75, 3.05) is 46.0 Å². The Hall–Kier alpha value is -4.85. The first kappa shape index (κ1) is 33.5. The summed E-state index contributed by atoms with van der Waals surface area (Å²) < 4.78 is 19.8. The number of nitrogens with zero attached hydrogens (tertiary/aromatic N) is 5. The maximum absolute atomic E-state index is 13.5. The lowest BCUT2D eigenvalue weighted by Gasteiger charge is -2.35. The molecule has 0 bridgehead atoms. The van der Waals surface area contributed by atoms with Crippen molar-refractivity contribution >= 4 is 11.6 Å². The Kier molecular flexibility index (Phi) is 11.5. The molecule has 2 heterocycles. The topological polar surface area (TPSA) is 93.7 Å². The zero-order valence-electron chi connectivity index (χ0n) is 27.4. The quantitative estimate of drug-likeness (QED) is 0.126. The molecular weight excluding hydrogens is 594 g/mol. The second-order valence-corrected chi connectivity index (χ2v) is 11.7. The molecule has 1 N–H and O–H groups in total. The van der Waals surface area contributed by atoms with E-state index in [1.54, 1.807) is 24.3 Å². The van der Waals surface area contributed by atoms with Gasteiger partial charge >= 0.3 is 0 Å². The SMILES string of the molecule is [C-]#[N+]c1ccc(Cn2c(CN3CCN(C(=O)c4cc(C)ccc4OCCCC)CC3)cnc2C)cc1Oc1cccc(OCCO)c1. The fourth-order valence-corrected chi connectivity index (χ4v) is 5.56. The highest BCUT2D eigenvalue weighted by Gasteiger charge is 2.25. The number of imidazole rings is 1. The lowest BCUT2D eigenvalue weighted by atomic mass is 10.1. The lowest BCUT2D eigenvalue weighted by molar-refractivity contribution is 0.0621. The van der Waals surface area contributed by atoms with Gasteiger partial charge in [0, 0.05) is 51.5 Å². The molecule has 1 aromatic heterocycles. The maximum atomic E-state index is 13.5. The third-order valence-corrected chi connectivity index (χ3v) is 8.18. The Morgan fingerprint density at radius 2 is 1.74 bits per heavy atom. The molecule has 1 fully saturated rings.